The first-order chi connectivity index (χ1) is 15.7. The summed E-state index contributed by atoms with van der Waals surface area (Å²) >= 11 is 5.87. The number of pyridine rings is 2. The van der Waals surface area contributed by atoms with Gasteiger partial charge in [0.15, 0.2) is 0 Å². The number of nitrogens with two attached hydrogens (primary N) is 1. The highest BCUT2D eigenvalue weighted by Gasteiger charge is 2.12. The minimum absolute atomic E-state index is 0.0988. The van der Waals surface area contributed by atoms with Crippen LogP contribution in [-0.4, -0.2) is 16.5 Å². The molecule has 162 valence electrons. The van der Waals surface area contributed by atoms with E-state index >= 15 is 0 Å². The number of rotatable bonds is 8. The molecule has 0 aliphatic rings. The molecule has 4 aromatic rings. The second kappa shape index (κ2) is 10.4. The van der Waals surface area contributed by atoms with E-state index in [1.54, 1.807) is 24.5 Å². The van der Waals surface area contributed by atoms with E-state index in [9.17, 15) is 4.39 Å². The fraction of sp³-hybridized carbons (Fsp3) is 0.154. The maximum absolute atomic E-state index is 14.1. The fourth-order valence-corrected chi connectivity index (χ4v) is 3.80. The van der Waals surface area contributed by atoms with E-state index in [0.29, 0.717) is 6.54 Å². The maximum atomic E-state index is 14.1. The van der Waals surface area contributed by atoms with Gasteiger partial charge in [-0.05, 0) is 65.9 Å². The van der Waals surface area contributed by atoms with E-state index in [0.717, 1.165) is 47.6 Å². The molecule has 0 amide bonds. The van der Waals surface area contributed by atoms with Gasteiger partial charge in [0.2, 0.25) is 0 Å². The third-order valence-corrected chi connectivity index (χ3v) is 5.65. The molecule has 0 fully saturated rings. The number of hydrogen-bond donors (Lipinski definition) is 2. The van der Waals surface area contributed by atoms with Gasteiger partial charge in [-0.1, -0.05) is 41.9 Å². The summed E-state index contributed by atoms with van der Waals surface area (Å²) in [4.78, 5) is 8.93. The van der Waals surface area contributed by atoms with Gasteiger partial charge in [0, 0.05) is 36.6 Å². The van der Waals surface area contributed by atoms with Crippen LogP contribution in [0.25, 0.3) is 22.4 Å². The molecule has 3 N–H and O–H groups in total. The average molecular weight is 447 g/mol. The Bertz CT molecular complexity index is 1200. The third kappa shape index (κ3) is 5.13. The highest BCUT2D eigenvalue weighted by Crippen LogP contribution is 2.33. The second-order valence-corrected chi connectivity index (χ2v) is 7.87. The van der Waals surface area contributed by atoms with Crippen LogP contribution in [0.1, 0.15) is 17.5 Å². The molecule has 2 heterocycles. The van der Waals surface area contributed by atoms with Crippen LogP contribution in [0.2, 0.25) is 5.02 Å². The fourth-order valence-electron chi connectivity index (χ4n) is 3.68. The van der Waals surface area contributed by atoms with E-state index < -0.39 is 5.82 Å². The van der Waals surface area contributed by atoms with Gasteiger partial charge < -0.3 is 11.1 Å². The highest BCUT2D eigenvalue weighted by atomic mass is 35.5. The van der Waals surface area contributed by atoms with Crippen molar-refractivity contribution in [1.29, 1.82) is 0 Å². The standard InChI is InChI=1S/C26H24ClFN4/c27-23-9-7-20(16-24(23)28)22-8-10-25(32-26(22)19-11-14-30-15-12-19)31-13-3-6-18-4-1-2-5-21(18)17-29/h1-2,4-5,7-12,14-16H,3,6,13,17,29H2,(H,31,32). The Morgan fingerprint density at radius 1 is 0.906 bits per heavy atom. The van der Waals surface area contributed by atoms with Crippen molar-refractivity contribution in [3.8, 4) is 22.4 Å². The molecule has 32 heavy (non-hydrogen) atoms. The predicted octanol–water partition coefficient (Wildman–Crippen LogP) is 6.11. The largest absolute Gasteiger partial charge is 0.370 e. The summed E-state index contributed by atoms with van der Waals surface area (Å²) in [7, 11) is 0. The van der Waals surface area contributed by atoms with Crippen molar-refractivity contribution in [2.45, 2.75) is 19.4 Å². The lowest BCUT2D eigenvalue weighted by Gasteiger charge is -2.13. The van der Waals surface area contributed by atoms with Gasteiger partial charge >= 0.3 is 0 Å². The molecule has 0 saturated carbocycles. The summed E-state index contributed by atoms with van der Waals surface area (Å²) < 4.78 is 14.1. The summed E-state index contributed by atoms with van der Waals surface area (Å²) in [6.07, 6.45) is 5.34. The molecule has 0 saturated heterocycles. The van der Waals surface area contributed by atoms with Crippen molar-refractivity contribution in [1.82, 2.24) is 9.97 Å². The Labute approximate surface area is 192 Å². The zero-order valence-electron chi connectivity index (χ0n) is 17.6. The van der Waals surface area contributed by atoms with Crippen LogP contribution in [0.15, 0.2) is 79.1 Å². The first-order valence-electron chi connectivity index (χ1n) is 10.5. The molecule has 4 rings (SSSR count). The summed E-state index contributed by atoms with van der Waals surface area (Å²) in [5.74, 6) is 0.312. The smallest absolute Gasteiger partial charge is 0.142 e. The molecule has 0 bridgehead atoms. The lowest BCUT2D eigenvalue weighted by atomic mass is 9.99. The molecule has 2 aromatic carbocycles. The van der Waals surface area contributed by atoms with E-state index in [-0.39, 0.29) is 5.02 Å². The van der Waals surface area contributed by atoms with Gasteiger partial charge in [-0.3, -0.25) is 4.98 Å². The van der Waals surface area contributed by atoms with Crippen molar-refractivity contribution >= 4 is 17.4 Å². The molecule has 0 aliphatic carbocycles. The Kier molecular flexibility index (Phi) is 7.10. The van der Waals surface area contributed by atoms with Crippen LogP contribution in [0, 0.1) is 5.82 Å². The van der Waals surface area contributed by atoms with Crippen LogP contribution >= 0.6 is 11.6 Å². The van der Waals surface area contributed by atoms with Crippen LogP contribution in [-0.2, 0) is 13.0 Å². The molecule has 6 heteroatoms. The number of halogens is 2. The third-order valence-electron chi connectivity index (χ3n) is 5.35. The maximum Gasteiger partial charge on any atom is 0.142 e. The van der Waals surface area contributed by atoms with Crippen LogP contribution in [0.3, 0.4) is 0 Å². The molecule has 0 unspecified atom stereocenters. The SMILES string of the molecule is NCc1ccccc1CCCNc1ccc(-c2ccc(Cl)c(F)c2)c(-c2ccncc2)n1. The zero-order chi connectivity index (χ0) is 22.3. The van der Waals surface area contributed by atoms with E-state index in [1.165, 1.54) is 17.2 Å². The minimum atomic E-state index is -0.454. The number of nitrogens with one attached hydrogen (secondary N) is 1. The second-order valence-electron chi connectivity index (χ2n) is 7.46. The van der Waals surface area contributed by atoms with Crippen molar-refractivity contribution < 1.29 is 4.39 Å². The zero-order valence-corrected chi connectivity index (χ0v) is 18.3. The summed E-state index contributed by atoms with van der Waals surface area (Å²) in [5, 5.41) is 3.51. The molecule has 0 atom stereocenters. The van der Waals surface area contributed by atoms with Crippen LogP contribution in [0.4, 0.5) is 10.2 Å². The Balaban J connectivity index is 1.54. The number of nitrogens with zero attached hydrogens (tertiary/aromatic N) is 2. The number of aromatic nitrogens is 2. The van der Waals surface area contributed by atoms with Crippen LogP contribution < -0.4 is 11.1 Å². The monoisotopic (exact) mass is 446 g/mol. The molecule has 4 nitrogen and oxygen atoms in total. The molecule has 0 spiro atoms. The first-order valence-corrected chi connectivity index (χ1v) is 10.9. The highest BCUT2D eigenvalue weighted by molar-refractivity contribution is 6.30. The molecule has 0 aliphatic heterocycles. The van der Waals surface area contributed by atoms with Gasteiger partial charge in [-0.15, -0.1) is 0 Å². The Hall–Kier alpha value is -3.28. The quantitative estimate of drug-likeness (QED) is 0.321. The minimum Gasteiger partial charge on any atom is -0.370 e. The number of aryl methyl sites for hydroxylation is 1. The van der Waals surface area contributed by atoms with Gasteiger partial charge in [-0.2, -0.15) is 0 Å². The van der Waals surface area contributed by atoms with Gasteiger partial charge in [0.05, 0.1) is 10.7 Å². The lowest BCUT2D eigenvalue weighted by Crippen LogP contribution is -2.07. The normalized spacial score (nSPS) is 10.8. The summed E-state index contributed by atoms with van der Waals surface area (Å²) in [5.41, 5.74) is 11.5. The number of benzene rings is 2. The Morgan fingerprint density at radius 3 is 2.44 bits per heavy atom. The number of anilines is 1. The van der Waals surface area contributed by atoms with Gasteiger partial charge in [0.1, 0.15) is 11.6 Å². The van der Waals surface area contributed by atoms with E-state index in [4.69, 9.17) is 22.3 Å². The van der Waals surface area contributed by atoms with E-state index in [1.807, 2.05) is 36.4 Å². The Morgan fingerprint density at radius 2 is 1.69 bits per heavy atom. The first kappa shape index (κ1) is 21.9. The van der Waals surface area contributed by atoms with Gasteiger partial charge in [0.25, 0.3) is 0 Å². The van der Waals surface area contributed by atoms with Crippen LogP contribution in [0.5, 0.6) is 0 Å². The molecular weight excluding hydrogens is 423 g/mol. The van der Waals surface area contributed by atoms with Crippen molar-refractivity contribution in [3.63, 3.8) is 0 Å². The summed E-state index contributed by atoms with van der Waals surface area (Å²) in [6.45, 7) is 1.32. The predicted molar refractivity (Wildman–Crippen MR) is 129 cm³/mol. The van der Waals surface area contributed by atoms with Crippen molar-refractivity contribution in [2.24, 2.45) is 5.73 Å². The molecule has 0 radical (unpaired) electrons. The topological polar surface area (TPSA) is 63.8 Å². The van der Waals surface area contributed by atoms with E-state index in [2.05, 4.69) is 22.4 Å². The molecular formula is C26H24ClFN4. The summed E-state index contributed by atoms with van der Waals surface area (Å²) in [6, 6.07) is 20.7. The van der Waals surface area contributed by atoms with Crippen molar-refractivity contribution in [2.75, 3.05) is 11.9 Å². The lowest BCUT2D eigenvalue weighted by molar-refractivity contribution is 0.629. The number of hydrogen-bond acceptors (Lipinski definition) is 4. The average Bonchev–Trinajstić information content (AvgIpc) is 2.84. The molecule has 2 aromatic heterocycles. The van der Waals surface area contributed by atoms with Crippen molar-refractivity contribution in [3.05, 3.63) is 101 Å². The van der Waals surface area contributed by atoms with Gasteiger partial charge in [-0.25, -0.2) is 9.37 Å².